The van der Waals surface area contributed by atoms with Gasteiger partial charge in [0.1, 0.15) is 0 Å². The lowest BCUT2D eigenvalue weighted by Crippen LogP contribution is -1.87. The van der Waals surface area contributed by atoms with Gasteiger partial charge in [-0.25, -0.2) is 4.98 Å². The summed E-state index contributed by atoms with van der Waals surface area (Å²) < 4.78 is 1.12. The molecule has 0 atom stereocenters. The fraction of sp³-hybridized carbons (Fsp3) is 0.300. The molecule has 14 heavy (non-hydrogen) atoms. The van der Waals surface area contributed by atoms with Crippen molar-refractivity contribution in [2.75, 3.05) is 12.3 Å². The molecule has 0 aliphatic heterocycles. The van der Waals surface area contributed by atoms with Crippen LogP contribution in [0.1, 0.15) is 11.4 Å². The van der Waals surface area contributed by atoms with Gasteiger partial charge in [0.05, 0.1) is 15.2 Å². The van der Waals surface area contributed by atoms with Crippen LogP contribution in [0.15, 0.2) is 18.2 Å². The van der Waals surface area contributed by atoms with Crippen molar-refractivity contribution >= 4 is 27.2 Å². The fourth-order valence-electron chi connectivity index (χ4n) is 1.33. The number of aryl methyl sites for hydroxylation is 1. The van der Waals surface area contributed by atoms with Crippen LogP contribution in [0.2, 0.25) is 0 Å². The van der Waals surface area contributed by atoms with E-state index in [-0.39, 0.29) is 6.61 Å². The highest BCUT2D eigenvalue weighted by Gasteiger charge is 2.03. The Kier molecular flexibility index (Phi) is 2.65. The normalized spacial score (nSPS) is 10.9. The largest absolute Gasteiger partial charge is 0.399 e. The Bertz CT molecular complexity index is 439. The maximum atomic E-state index is 8.70. The summed E-state index contributed by atoms with van der Waals surface area (Å²) in [5, 5.41) is 9.77. The van der Waals surface area contributed by atoms with E-state index in [0.717, 1.165) is 33.8 Å². The predicted octanol–water partition coefficient (Wildman–Crippen LogP) is 1.80. The number of aliphatic hydroxyl groups excluding tert-OH is 1. The van der Waals surface area contributed by atoms with Gasteiger partial charge in [0.15, 0.2) is 0 Å². The van der Waals surface area contributed by atoms with Crippen LogP contribution in [-0.4, -0.2) is 16.7 Å². The third kappa shape index (κ3) is 1.86. The smallest absolute Gasteiger partial charge is 0.0939 e. The third-order valence-corrected chi connectivity index (χ3v) is 3.08. The lowest BCUT2D eigenvalue weighted by atomic mass is 10.3. The number of nitrogen functional groups attached to an aromatic ring is 1. The number of anilines is 1. The van der Waals surface area contributed by atoms with Crippen molar-refractivity contribution in [3.63, 3.8) is 0 Å². The highest BCUT2D eigenvalue weighted by molar-refractivity contribution is 7.18. The molecule has 0 fully saturated rings. The highest BCUT2D eigenvalue weighted by atomic mass is 32.1. The number of thiazole rings is 1. The topological polar surface area (TPSA) is 59.1 Å². The van der Waals surface area contributed by atoms with Crippen molar-refractivity contribution < 1.29 is 5.11 Å². The Balaban J connectivity index is 2.32. The molecule has 3 nitrogen and oxygen atoms in total. The SMILES string of the molecule is Nc1ccc2nc(CCCO)sc2c1. The minimum absolute atomic E-state index is 0.220. The van der Waals surface area contributed by atoms with E-state index in [1.54, 1.807) is 11.3 Å². The van der Waals surface area contributed by atoms with Gasteiger partial charge in [-0.2, -0.15) is 0 Å². The van der Waals surface area contributed by atoms with E-state index in [2.05, 4.69) is 4.98 Å². The molecule has 74 valence electrons. The van der Waals surface area contributed by atoms with Crippen LogP contribution in [0, 0.1) is 0 Å². The van der Waals surface area contributed by atoms with Crippen molar-refractivity contribution in [2.45, 2.75) is 12.8 Å². The molecule has 0 bridgehead atoms. The Hall–Kier alpha value is -1.13. The zero-order valence-electron chi connectivity index (χ0n) is 7.73. The summed E-state index contributed by atoms with van der Waals surface area (Å²) in [5.74, 6) is 0. The van der Waals surface area contributed by atoms with Crippen LogP contribution >= 0.6 is 11.3 Å². The first-order valence-corrected chi connectivity index (χ1v) is 5.37. The Morgan fingerprint density at radius 1 is 1.43 bits per heavy atom. The quantitative estimate of drug-likeness (QED) is 0.756. The van der Waals surface area contributed by atoms with Crippen molar-refractivity contribution in [1.29, 1.82) is 0 Å². The second kappa shape index (κ2) is 3.94. The summed E-state index contributed by atoms with van der Waals surface area (Å²) in [6, 6.07) is 5.73. The van der Waals surface area contributed by atoms with E-state index in [1.165, 1.54) is 0 Å². The van der Waals surface area contributed by atoms with Crippen molar-refractivity contribution in [3.8, 4) is 0 Å². The first kappa shape index (κ1) is 9.43. The first-order valence-electron chi connectivity index (χ1n) is 4.55. The van der Waals surface area contributed by atoms with Gasteiger partial charge in [-0.1, -0.05) is 0 Å². The first-order chi connectivity index (χ1) is 6.79. The molecule has 4 heteroatoms. The van der Waals surface area contributed by atoms with Crippen LogP contribution in [0.4, 0.5) is 5.69 Å². The van der Waals surface area contributed by atoms with Crippen LogP contribution in [-0.2, 0) is 6.42 Å². The van der Waals surface area contributed by atoms with Gasteiger partial charge >= 0.3 is 0 Å². The van der Waals surface area contributed by atoms with Gasteiger partial charge < -0.3 is 10.8 Å². The number of nitrogens with zero attached hydrogens (tertiary/aromatic N) is 1. The molecule has 0 amide bonds. The summed E-state index contributed by atoms with van der Waals surface area (Å²) >= 11 is 1.65. The monoisotopic (exact) mass is 208 g/mol. The van der Waals surface area contributed by atoms with Crippen LogP contribution in [0.25, 0.3) is 10.2 Å². The van der Waals surface area contributed by atoms with Crippen molar-refractivity contribution in [1.82, 2.24) is 4.98 Å². The summed E-state index contributed by atoms with van der Waals surface area (Å²) in [4.78, 5) is 4.44. The Morgan fingerprint density at radius 2 is 2.29 bits per heavy atom. The molecule has 1 aromatic heterocycles. The molecule has 3 N–H and O–H groups in total. The van der Waals surface area contributed by atoms with Crippen LogP contribution in [0.3, 0.4) is 0 Å². The Labute approximate surface area is 86.2 Å². The molecule has 0 radical (unpaired) electrons. The van der Waals surface area contributed by atoms with Gasteiger partial charge in [-0.15, -0.1) is 11.3 Å². The summed E-state index contributed by atoms with van der Waals surface area (Å²) in [5.41, 5.74) is 7.44. The lowest BCUT2D eigenvalue weighted by Gasteiger charge is -1.89. The van der Waals surface area contributed by atoms with Crippen LogP contribution in [0.5, 0.6) is 0 Å². The van der Waals surface area contributed by atoms with E-state index in [4.69, 9.17) is 10.8 Å². The molecular weight excluding hydrogens is 196 g/mol. The number of hydrogen-bond acceptors (Lipinski definition) is 4. The van der Waals surface area contributed by atoms with E-state index in [1.807, 2.05) is 18.2 Å². The minimum atomic E-state index is 0.220. The molecule has 2 aromatic rings. The highest BCUT2D eigenvalue weighted by Crippen LogP contribution is 2.24. The van der Waals surface area contributed by atoms with E-state index in [0.29, 0.717) is 0 Å². The number of aromatic nitrogens is 1. The Morgan fingerprint density at radius 3 is 3.07 bits per heavy atom. The third-order valence-electron chi connectivity index (χ3n) is 2.01. The number of benzene rings is 1. The van der Waals surface area contributed by atoms with Crippen molar-refractivity contribution in [2.24, 2.45) is 0 Å². The predicted molar refractivity (Wildman–Crippen MR) is 59.4 cm³/mol. The van der Waals surface area contributed by atoms with Crippen LogP contribution < -0.4 is 5.73 Å². The molecule has 0 unspecified atom stereocenters. The molecule has 0 aliphatic rings. The summed E-state index contributed by atoms with van der Waals surface area (Å²) in [7, 11) is 0. The van der Waals surface area contributed by atoms with E-state index >= 15 is 0 Å². The summed E-state index contributed by atoms with van der Waals surface area (Å²) in [6.45, 7) is 0.220. The van der Waals surface area contributed by atoms with Gasteiger partial charge in [-0.3, -0.25) is 0 Å². The van der Waals surface area contributed by atoms with Gasteiger partial charge in [0, 0.05) is 18.7 Å². The van der Waals surface area contributed by atoms with Gasteiger partial charge in [-0.05, 0) is 24.6 Å². The average Bonchev–Trinajstić information content (AvgIpc) is 2.56. The molecule has 1 aromatic carbocycles. The molecule has 0 spiro atoms. The molecular formula is C10H12N2OS. The zero-order chi connectivity index (χ0) is 9.97. The molecule has 0 saturated carbocycles. The standard InChI is InChI=1S/C10H12N2OS/c11-7-3-4-8-9(6-7)14-10(12-8)2-1-5-13/h3-4,6,13H,1-2,5,11H2. The maximum Gasteiger partial charge on any atom is 0.0939 e. The average molecular weight is 208 g/mol. The number of fused-ring (bicyclic) bond motifs is 1. The summed E-state index contributed by atoms with van der Waals surface area (Å²) in [6.07, 6.45) is 1.62. The van der Waals surface area contributed by atoms with Gasteiger partial charge in [0.25, 0.3) is 0 Å². The number of rotatable bonds is 3. The number of hydrogen-bond donors (Lipinski definition) is 2. The number of nitrogens with two attached hydrogens (primary N) is 1. The van der Waals surface area contributed by atoms with E-state index in [9.17, 15) is 0 Å². The van der Waals surface area contributed by atoms with Gasteiger partial charge in [0.2, 0.25) is 0 Å². The van der Waals surface area contributed by atoms with Crippen molar-refractivity contribution in [3.05, 3.63) is 23.2 Å². The second-order valence-electron chi connectivity index (χ2n) is 3.16. The number of aliphatic hydroxyl groups is 1. The minimum Gasteiger partial charge on any atom is -0.399 e. The zero-order valence-corrected chi connectivity index (χ0v) is 8.55. The van der Waals surface area contributed by atoms with E-state index < -0.39 is 0 Å². The fourth-order valence-corrected chi connectivity index (χ4v) is 2.38. The lowest BCUT2D eigenvalue weighted by molar-refractivity contribution is 0.288. The molecule has 0 saturated heterocycles. The molecule has 1 heterocycles. The molecule has 2 rings (SSSR count). The maximum absolute atomic E-state index is 8.70. The second-order valence-corrected chi connectivity index (χ2v) is 4.28. The molecule has 0 aliphatic carbocycles.